The van der Waals surface area contributed by atoms with Crippen molar-refractivity contribution in [3.8, 4) is 45.1 Å². The minimum Gasteiger partial charge on any atom is -0.494 e. The number of rotatable bonds is 15. The van der Waals surface area contributed by atoms with Gasteiger partial charge < -0.3 is 28.4 Å². The third kappa shape index (κ3) is 7.63. The summed E-state index contributed by atoms with van der Waals surface area (Å²) < 4.78 is 35.2. The predicted molar refractivity (Wildman–Crippen MR) is 178 cm³/mol. The molecule has 8 heteroatoms. The lowest BCUT2D eigenvalue weighted by molar-refractivity contribution is 0.270. The lowest BCUT2D eigenvalue weighted by atomic mass is 10.1. The summed E-state index contributed by atoms with van der Waals surface area (Å²) in [6.07, 6.45) is 6.83. The molecule has 0 N–H and O–H groups in total. The molecule has 0 spiro atoms. The average Bonchev–Trinajstić information content (AvgIpc) is 3.51. The third-order valence-electron chi connectivity index (χ3n) is 7.03. The minimum absolute atomic E-state index is 0.564. The Kier molecular flexibility index (Phi) is 10.6. The van der Waals surface area contributed by atoms with Crippen LogP contribution in [0.1, 0.15) is 30.4 Å². The summed E-state index contributed by atoms with van der Waals surface area (Å²) in [5.41, 5.74) is 4.00. The Morgan fingerprint density at radius 1 is 0.614 bits per heavy atom. The van der Waals surface area contributed by atoms with E-state index in [1.165, 1.54) is 4.70 Å². The zero-order valence-corrected chi connectivity index (χ0v) is 26.3. The molecule has 5 rings (SSSR count). The number of thiazole rings is 1. The van der Waals surface area contributed by atoms with Gasteiger partial charge in [0.1, 0.15) is 10.8 Å². The van der Waals surface area contributed by atoms with Crippen molar-refractivity contribution in [1.82, 2.24) is 4.98 Å². The summed E-state index contributed by atoms with van der Waals surface area (Å²) in [7, 11) is 6.45. The number of para-hydroxylation sites is 1. The standard InChI is InChI=1S/C36H37NO6S/c1-38-30-18-17-25(15-16-26-22-32(39-2)35(41-4)33(23-26)40-3)21-31(30)43-20-9-5-8-19-42-28-12-10-11-27(24-28)36-37-29-13-6-7-14-34(29)44-36/h6-7,10-18,21-24H,5,8-9,19-20H2,1-4H3. The van der Waals surface area contributed by atoms with Crippen molar-refractivity contribution >= 4 is 33.7 Å². The molecule has 5 aromatic rings. The van der Waals surface area contributed by atoms with Crippen LogP contribution in [0, 0.1) is 0 Å². The molecule has 0 aliphatic rings. The van der Waals surface area contributed by atoms with Crippen LogP contribution in [0.2, 0.25) is 0 Å². The van der Waals surface area contributed by atoms with Crippen molar-refractivity contribution in [2.75, 3.05) is 41.7 Å². The van der Waals surface area contributed by atoms with E-state index >= 15 is 0 Å². The van der Waals surface area contributed by atoms with Crippen LogP contribution < -0.4 is 28.4 Å². The molecule has 0 bridgehead atoms. The van der Waals surface area contributed by atoms with E-state index in [2.05, 4.69) is 18.2 Å². The van der Waals surface area contributed by atoms with Crippen LogP contribution in [0.3, 0.4) is 0 Å². The number of unbranched alkanes of at least 4 members (excludes halogenated alkanes) is 2. The Bertz CT molecular complexity index is 1650. The highest BCUT2D eigenvalue weighted by molar-refractivity contribution is 7.21. The minimum atomic E-state index is 0.564. The molecular weight excluding hydrogens is 574 g/mol. The highest BCUT2D eigenvalue weighted by atomic mass is 32.1. The van der Waals surface area contributed by atoms with Gasteiger partial charge in [-0.05, 0) is 78.9 Å². The van der Waals surface area contributed by atoms with E-state index in [4.69, 9.17) is 33.4 Å². The second kappa shape index (κ2) is 15.2. The second-order valence-electron chi connectivity index (χ2n) is 9.97. The van der Waals surface area contributed by atoms with Crippen molar-refractivity contribution in [2.45, 2.75) is 19.3 Å². The number of fused-ring (bicyclic) bond motifs is 1. The van der Waals surface area contributed by atoms with Gasteiger partial charge in [-0.15, -0.1) is 11.3 Å². The molecule has 1 heterocycles. The zero-order valence-electron chi connectivity index (χ0n) is 25.5. The summed E-state index contributed by atoms with van der Waals surface area (Å²) in [6.45, 7) is 1.23. The second-order valence-corrected chi connectivity index (χ2v) is 11.0. The monoisotopic (exact) mass is 611 g/mol. The highest BCUT2D eigenvalue weighted by Gasteiger charge is 2.12. The number of nitrogens with zero attached hydrogens (tertiary/aromatic N) is 1. The van der Waals surface area contributed by atoms with Gasteiger partial charge in [-0.25, -0.2) is 4.98 Å². The van der Waals surface area contributed by atoms with Crippen LogP contribution >= 0.6 is 11.3 Å². The number of aromatic nitrogens is 1. The van der Waals surface area contributed by atoms with Crippen LogP contribution in [0.4, 0.5) is 0 Å². The molecule has 44 heavy (non-hydrogen) atoms. The molecule has 0 atom stereocenters. The van der Waals surface area contributed by atoms with Crippen molar-refractivity contribution in [2.24, 2.45) is 0 Å². The van der Waals surface area contributed by atoms with Gasteiger partial charge in [0, 0.05) is 5.56 Å². The first-order chi connectivity index (χ1) is 21.6. The van der Waals surface area contributed by atoms with E-state index < -0.39 is 0 Å². The topological polar surface area (TPSA) is 68.3 Å². The Hall–Kier alpha value is -4.69. The molecule has 0 radical (unpaired) electrons. The molecule has 0 aliphatic heterocycles. The third-order valence-corrected chi connectivity index (χ3v) is 8.12. The van der Waals surface area contributed by atoms with Crippen molar-refractivity contribution in [3.05, 3.63) is 90.0 Å². The molecule has 0 aliphatic carbocycles. The number of ether oxygens (including phenoxy) is 6. The van der Waals surface area contributed by atoms with Crippen LogP contribution in [-0.2, 0) is 0 Å². The quantitative estimate of drug-likeness (QED) is 0.0866. The van der Waals surface area contributed by atoms with E-state index in [1.54, 1.807) is 39.8 Å². The smallest absolute Gasteiger partial charge is 0.203 e. The van der Waals surface area contributed by atoms with Gasteiger partial charge in [0.05, 0.1) is 51.9 Å². The molecule has 0 unspecified atom stereocenters. The van der Waals surface area contributed by atoms with Gasteiger partial charge in [0.15, 0.2) is 23.0 Å². The summed E-state index contributed by atoms with van der Waals surface area (Å²) in [6, 6.07) is 26.1. The first-order valence-corrected chi connectivity index (χ1v) is 15.3. The molecule has 0 amide bonds. The molecule has 0 fully saturated rings. The van der Waals surface area contributed by atoms with Gasteiger partial charge in [-0.3, -0.25) is 0 Å². The normalized spacial score (nSPS) is 11.1. The van der Waals surface area contributed by atoms with Crippen molar-refractivity contribution < 1.29 is 28.4 Å². The maximum Gasteiger partial charge on any atom is 0.203 e. The van der Waals surface area contributed by atoms with Gasteiger partial charge >= 0.3 is 0 Å². The molecule has 7 nitrogen and oxygen atoms in total. The summed E-state index contributed by atoms with van der Waals surface area (Å²) >= 11 is 1.70. The molecule has 1 aromatic heterocycles. The fourth-order valence-corrected chi connectivity index (χ4v) is 5.73. The number of methoxy groups -OCH3 is 4. The van der Waals surface area contributed by atoms with Crippen LogP contribution in [0.15, 0.2) is 78.9 Å². The van der Waals surface area contributed by atoms with Gasteiger partial charge in [0.2, 0.25) is 5.75 Å². The predicted octanol–water partition coefficient (Wildman–Crippen LogP) is 8.80. The summed E-state index contributed by atoms with van der Waals surface area (Å²) in [5, 5.41) is 1.00. The molecule has 228 valence electrons. The maximum absolute atomic E-state index is 6.12. The van der Waals surface area contributed by atoms with Crippen molar-refractivity contribution in [3.63, 3.8) is 0 Å². The Labute approximate surface area is 262 Å². The van der Waals surface area contributed by atoms with Gasteiger partial charge in [0.25, 0.3) is 0 Å². The lowest BCUT2D eigenvalue weighted by Crippen LogP contribution is -2.02. The fraction of sp³-hybridized carbons (Fsp3) is 0.250. The number of benzene rings is 4. The first-order valence-electron chi connectivity index (χ1n) is 14.5. The maximum atomic E-state index is 6.12. The Morgan fingerprint density at radius 2 is 1.32 bits per heavy atom. The SMILES string of the molecule is COc1ccc(C=Cc2cc(OC)c(OC)c(OC)c2)cc1OCCCCCOc1cccc(-c2nc3ccccc3s2)c1. The van der Waals surface area contributed by atoms with Crippen molar-refractivity contribution in [1.29, 1.82) is 0 Å². The summed E-state index contributed by atoms with van der Waals surface area (Å²) in [4.78, 5) is 4.76. The van der Waals surface area contributed by atoms with E-state index in [0.29, 0.717) is 42.0 Å². The van der Waals surface area contributed by atoms with E-state index in [-0.39, 0.29) is 0 Å². The average molecular weight is 612 g/mol. The van der Waals surface area contributed by atoms with Crippen LogP contribution in [0.25, 0.3) is 32.9 Å². The largest absolute Gasteiger partial charge is 0.494 e. The molecule has 4 aromatic carbocycles. The van der Waals surface area contributed by atoms with Crippen LogP contribution in [0.5, 0.6) is 34.5 Å². The van der Waals surface area contributed by atoms with Crippen LogP contribution in [-0.4, -0.2) is 46.6 Å². The summed E-state index contributed by atoms with van der Waals surface area (Å²) in [5.74, 6) is 4.05. The highest BCUT2D eigenvalue weighted by Crippen LogP contribution is 2.39. The lowest BCUT2D eigenvalue weighted by Gasteiger charge is -2.13. The van der Waals surface area contributed by atoms with E-state index in [0.717, 1.165) is 52.2 Å². The van der Waals surface area contributed by atoms with Gasteiger partial charge in [-0.2, -0.15) is 0 Å². The molecule has 0 saturated carbocycles. The number of hydrogen-bond donors (Lipinski definition) is 0. The van der Waals surface area contributed by atoms with E-state index in [1.807, 2.05) is 72.8 Å². The first kappa shape index (κ1) is 30.8. The molecule has 0 saturated heterocycles. The van der Waals surface area contributed by atoms with Gasteiger partial charge in [-0.1, -0.05) is 42.5 Å². The fourth-order valence-electron chi connectivity index (χ4n) is 4.77. The number of hydrogen-bond acceptors (Lipinski definition) is 8. The zero-order chi connectivity index (χ0) is 30.7. The Balaban J connectivity index is 1.10. The Morgan fingerprint density at radius 3 is 2.05 bits per heavy atom. The van der Waals surface area contributed by atoms with E-state index in [9.17, 15) is 0 Å². The molecular formula is C36H37NO6S.